The molecular weight excluding hydrogens is 234 g/mol. The van der Waals surface area contributed by atoms with Gasteiger partial charge in [0.15, 0.2) is 0 Å². The zero-order valence-corrected chi connectivity index (χ0v) is 10.7. The number of carbonyl (C=O) groups excluding carboxylic acids is 1. The Morgan fingerprint density at radius 2 is 1.94 bits per heavy atom. The number of aromatic amines is 2. The van der Waals surface area contributed by atoms with Crippen LogP contribution in [0.5, 0.6) is 0 Å². The van der Waals surface area contributed by atoms with Crippen LogP contribution in [0.15, 0.2) is 15.7 Å². The molecule has 1 amide bonds. The molecule has 6 nitrogen and oxygen atoms in total. The first-order valence-corrected chi connectivity index (χ1v) is 6.14. The van der Waals surface area contributed by atoms with Crippen molar-refractivity contribution in [3.63, 3.8) is 0 Å². The molecule has 18 heavy (non-hydrogen) atoms. The lowest BCUT2D eigenvalue weighted by molar-refractivity contribution is -0.120. The van der Waals surface area contributed by atoms with Crippen LogP contribution < -0.4 is 16.6 Å². The molecule has 1 rings (SSSR count). The first-order chi connectivity index (χ1) is 8.55. The number of H-pyrrole nitrogens is 2. The zero-order valence-electron chi connectivity index (χ0n) is 10.7. The molecule has 1 aromatic rings. The summed E-state index contributed by atoms with van der Waals surface area (Å²) >= 11 is 0. The van der Waals surface area contributed by atoms with Gasteiger partial charge in [0.05, 0.1) is 6.42 Å². The zero-order chi connectivity index (χ0) is 13.5. The minimum atomic E-state index is -0.592. The summed E-state index contributed by atoms with van der Waals surface area (Å²) < 4.78 is 0. The molecule has 0 saturated carbocycles. The molecule has 0 aliphatic heterocycles. The van der Waals surface area contributed by atoms with Crippen molar-refractivity contribution in [2.45, 2.75) is 33.1 Å². The van der Waals surface area contributed by atoms with E-state index in [0.29, 0.717) is 18.2 Å². The van der Waals surface area contributed by atoms with Crippen LogP contribution in [0.25, 0.3) is 0 Å². The number of nitrogens with one attached hydrogen (secondary N) is 3. The van der Waals surface area contributed by atoms with Crippen molar-refractivity contribution in [1.29, 1.82) is 0 Å². The van der Waals surface area contributed by atoms with Gasteiger partial charge in [-0.05, 0) is 5.92 Å². The summed E-state index contributed by atoms with van der Waals surface area (Å²) in [7, 11) is 0. The van der Waals surface area contributed by atoms with Gasteiger partial charge < -0.3 is 10.3 Å². The van der Waals surface area contributed by atoms with Gasteiger partial charge in [-0.25, -0.2) is 4.79 Å². The summed E-state index contributed by atoms with van der Waals surface area (Å²) in [6.45, 7) is 4.78. The number of amides is 1. The maximum atomic E-state index is 11.6. The molecule has 0 aromatic carbocycles. The maximum absolute atomic E-state index is 11.6. The predicted octanol–water partition coefficient (Wildman–Crippen LogP) is 0.158. The summed E-state index contributed by atoms with van der Waals surface area (Å²) in [6.07, 6.45) is 2.04. The monoisotopic (exact) mass is 253 g/mol. The van der Waals surface area contributed by atoms with Crippen LogP contribution in [-0.4, -0.2) is 22.4 Å². The average molecular weight is 253 g/mol. The molecule has 0 unspecified atom stereocenters. The molecule has 100 valence electrons. The lowest BCUT2D eigenvalue weighted by atomic mass is 10.0. The molecule has 6 heteroatoms. The van der Waals surface area contributed by atoms with Crippen LogP contribution in [0.4, 0.5) is 0 Å². The van der Waals surface area contributed by atoms with E-state index in [-0.39, 0.29) is 12.3 Å². The van der Waals surface area contributed by atoms with E-state index in [4.69, 9.17) is 0 Å². The van der Waals surface area contributed by atoms with Gasteiger partial charge in [0.1, 0.15) is 0 Å². The minimum Gasteiger partial charge on any atom is -0.355 e. The van der Waals surface area contributed by atoms with Crippen LogP contribution >= 0.6 is 0 Å². The molecule has 0 fully saturated rings. The molecule has 0 spiro atoms. The summed E-state index contributed by atoms with van der Waals surface area (Å²) in [5, 5.41) is 2.80. The molecule has 3 N–H and O–H groups in total. The van der Waals surface area contributed by atoms with Crippen LogP contribution in [-0.2, 0) is 11.2 Å². The Bertz CT molecular complexity index is 472. The molecule has 0 bridgehead atoms. The molecule has 1 aromatic heterocycles. The first-order valence-electron chi connectivity index (χ1n) is 6.14. The number of rotatable bonds is 6. The molecule has 0 saturated heterocycles. The van der Waals surface area contributed by atoms with Gasteiger partial charge in [-0.3, -0.25) is 14.6 Å². The molecular formula is C12H19N3O3. The Balaban J connectivity index is 2.54. The van der Waals surface area contributed by atoms with Gasteiger partial charge in [0, 0.05) is 18.3 Å². The van der Waals surface area contributed by atoms with Crippen molar-refractivity contribution in [2.75, 3.05) is 6.54 Å². The Kier molecular flexibility index (Phi) is 5.35. The van der Waals surface area contributed by atoms with E-state index in [9.17, 15) is 14.4 Å². The van der Waals surface area contributed by atoms with E-state index in [1.165, 1.54) is 6.07 Å². The van der Waals surface area contributed by atoms with Crippen molar-refractivity contribution in [1.82, 2.24) is 15.3 Å². The van der Waals surface area contributed by atoms with Crippen molar-refractivity contribution in [2.24, 2.45) is 5.92 Å². The van der Waals surface area contributed by atoms with Crippen molar-refractivity contribution in [3.05, 3.63) is 32.6 Å². The highest BCUT2D eigenvalue weighted by Gasteiger charge is 2.08. The van der Waals surface area contributed by atoms with Gasteiger partial charge in [-0.15, -0.1) is 0 Å². The molecule has 0 aliphatic carbocycles. The fourth-order valence-corrected chi connectivity index (χ4v) is 1.69. The van der Waals surface area contributed by atoms with E-state index in [0.717, 1.165) is 12.8 Å². The number of hydrogen-bond donors (Lipinski definition) is 3. The van der Waals surface area contributed by atoms with Gasteiger partial charge in [0.25, 0.3) is 5.56 Å². The van der Waals surface area contributed by atoms with E-state index >= 15 is 0 Å². The van der Waals surface area contributed by atoms with E-state index in [1.807, 2.05) is 0 Å². The van der Waals surface area contributed by atoms with Crippen LogP contribution in [0.2, 0.25) is 0 Å². The summed E-state index contributed by atoms with van der Waals surface area (Å²) in [5.41, 5.74) is -0.766. The fourth-order valence-electron chi connectivity index (χ4n) is 1.69. The Labute approximate surface area is 105 Å². The molecule has 0 radical (unpaired) electrons. The normalized spacial score (nSPS) is 10.6. The minimum absolute atomic E-state index is 0.0132. The van der Waals surface area contributed by atoms with Crippen LogP contribution in [0.3, 0.4) is 0 Å². The maximum Gasteiger partial charge on any atom is 0.325 e. The topological polar surface area (TPSA) is 94.8 Å². The smallest absolute Gasteiger partial charge is 0.325 e. The summed E-state index contributed by atoms with van der Waals surface area (Å²) in [4.78, 5) is 38.2. The third kappa shape index (κ3) is 4.57. The van der Waals surface area contributed by atoms with Crippen molar-refractivity contribution < 1.29 is 4.79 Å². The van der Waals surface area contributed by atoms with Crippen molar-refractivity contribution in [3.8, 4) is 0 Å². The standard InChI is InChI=1S/C12H19N3O3/c1-3-8(4-2)7-13-10(16)5-9-6-11(17)15-12(18)14-9/h6,8H,3-5,7H2,1-2H3,(H,13,16)(H2,14,15,17,18). The fraction of sp³-hybridized carbons (Fsp3) is 0.583. The lowest BCUT2D eigenvalue weighted by Crippen LogP contribution is -2.32. The number of carbonyl (C=O) groups is 1. The highest BCUT2D eigenvalue weighted by atomic mass is 16.2. The quantitative estimate of drug-likeness (QED) is 0.674. The predicted molar refractivity (Wildman–Crippen MR) is 68.5 cm³/mol. The average Bonchev–Trinajstić information content (AvgIpc) is 2.28. The highest BCUT2D eigenvalue weighted by Crippen LogP contribution is 2.05. The first kappa shape index (κ1) is 14.2. The highest BCUT2D eigenvalue weighted by molar-refractivity contribution is 5.77. The third-order valence-electron chi connectivity index (χ3n) is 2.91. The van der Waals surface area contributed by atoms with Crippen molar-refractivity contribution >= 4 is 5.91 Å². The second-order valence-corrected chi connectivity index (χ2v) is 4.28. The largest absolute Gasteiger partial charge is 0.355 e. The Morgan fingerprint density at radius 3 is 2.50 bits per heavy atom. The van der Waals surface area contributed by atoms with Gasteiger partial charge in [-0.2, -0.15) is 0 Å². The van der Waals surface area contributed by atoms with E-state index in [2.05, 4.69) is 29.1 Å². The second kappa shape index (κ2) is 6.78. The molecule has 0 aliphatic rings. The summed E-state index contributed by atoms with van der Waals surface area (Å²) in [5.74, 6) is 0.273. The third-order valence-corrected chi connectivity index (χ3v) is 2.91. The van der Waals surface area contributed by atoms with E-state index in [1.54, 1.807) is 0 Å². The van der Waals surface area contributed by atoms with Crippen LogP contribution in [0, 0.1) is 5.92 Å². The molecule has 1 heterocycles. The number of aromatic nitrogens is 2. The van der Waals surface area contributed by atoms with Gasteiger partial charge >= 0.3 is 5.69 Å². The lowest BCUT2D eigenvalue weighted by Gasteiger charge is -2.13. The SMILES string of the molecule is CCC(CC)CNC(=O)Cc1cc(=O)[nH]c(=O)[nH]1. The second-order valence-electron chi connectivity index (χ2n) is 4.28. The van der Waals surface area contributed by atoms with Crippen LogP contribution in [0.1, 0.15) is 32.4 Å². The number of hydrogen-bond acceptors (Lipinski definition) is 3. The Morgan fingerprint density at radius 1 is 1.28 bits per heavy atom. The van der Waals surface area contributed by atoms with Gasteiger partial charge in [-0.1, -0.05) is 26.7 Å². The van der Waals surface area contributed by atoms with Gasteiger partial charge in [0.2, 0.25) is 5.91 Å². The molecule has 0 atom stereocenters. The summed E-state index contributed by atoms with van der Waals surface area (Å²) in [6, 6.07) is 1.22. The van der Waals surface area contributed by atoms with E-state index < -0.39 is 11.2 Å². The Hall–Kier alpha value is -1.85.